The number of hydrogen-bond donors (Lipinski definition) is 0. The van der Waals surface area contributed by atoms with Crippen LogP contribution >= 0.6 is 0 Å². The highest BCUT2D eigenvalue weighted by molar-refractivity contribution is 7.86. The van der Waals surface area contributed by atoms with Crippen LogP contribution in [0.25, 0.3) is 0 Å². The lowest BCUT2D eigenvalue weighted by Gasteiger charge is -2.03. The zero-order valence-electron chi connectivity index (χ0n) is 11.0. The minimum Gasteiger partial charge on any atom is -0.270 e. The Bertz CT molecular complexity index is 580. The molecule has 19 heavy (non-hydrogen) atoms. The molecule has 0 saturated carbocycles. The van der Waals surface area contributed by atoms with Crippen molar-refractivity contribution in [1.29, 1.82) is 0 Å². The van der Waals surface area contributed by atoms with Gasteiger partial charge >= 0.3 is 10.4 Å². The summed E-state index contributed by atoms with van der Waals surface area (Å²) < 4.78 is 54.3. The molecule has 9 heteroatoms. The third-order valence-corrected chi connectivity index (χ3v) is 4.24. The van der Waals surface area contributed by atoms with Gasteiger partial charge in [-0.15, -0.1) is 0 Å². The van der Waals surface area contributed by atoms with Crippen LogP contribution in [0.5, 0.6) is 0 Å². The van der Waals surface area contributed by atoms with E-state index in [1.807, 2.05) is 0 Å². The molecule has 1 aromatic carbocycles. The van der Waals surface area contributed by atoms with Crippen molar-refractivity contribution in [1.82, 2.24) is 0 Å². The lowest BCUT2D eigenvalue weighted by atomic mass is 10.2. The van der Waals surface area contributed by atoms with Crippen molar-refractivity contribution in [2.45, 2.75) is 11.8 Å². The minimum absolute atomic E-state index is 0.229. The topological polar surface area (TPSA) is 96.0 Å². The van der Waals surface area contributed by atoms with Gasteiger partial charge in [-0.25, -0.2) is 0 Å². The molecule has 0 atom stereocenters. The molecule has 1 aromatic rings. The monoisotopic (exact) mass is 312 g/mol. The van der Waals surface area contributed by atoms with Crippen LogP contribution < -0.4 is 0 Å². The first-order valence-electron chi connectivity index (χ1n) is 4.92. The molecule has 110 valence electrons. The van der Waals surface area contributed by atoms with Gasteiger partial charge in [0.2, 0.25) is 0 Å². The molecule has 0 heterocycles. The van der Waals surface area contributed by atoms with Crippen molar-refractivity contribution < 1.29 is 29.4 Å². The van der Waals surface area contributed by atoms with E-state index < -0.39 is 20.5 Å². The van der Waals surface area contributed by atoms with Crippen LogP contribution in [0.3, 0.4) is 0 Å². The fourth-order valence-corrected chi connectivity index (χ4v) is 2.02. The summed E-state index contributed by atoms with van der Waals surface area (Å²) in [6.45, 7) is 1.73. The fraction of sp³-hybridized carbons (Fsp3) is 0.400. The second-order valence-electron chi connectivity index (χ2n) is 3.13. The Morgan fingerprint density at radius 3 is 1.63 bits per heavy atom. The lowest BCUT2D eigenvalue weighted by molar-refractivity contribution is 0.286. The Hall–Kier alpha value is -1.00. The molecule has 0 saturated heterocycles. The predicted octanol–water partition coefficient (Wildman–Crippen LogP) is 0.854. The molecule has 0 aliphatic rings. The zero-order chi connectivity index (χ0) is 15.1. The molecule has 0 unspecified atom stereocenters. The van der Waals surface area contributed by atoms with E-state index >= 15 is 0 Å². The van der Waals surface area contributed by atoms with E-state index in [2.05, 4.69) is 12.5 Å². The molecule has 0 radical (unpaired) electrons. The smallest absolute Gasteiger partial charge is 0.270 e. The summed E-state index contributed by atoms with van der Waals surface area (Å²) in [6, 6.07) is 6.70. The van der Waals surface area contributed by atoms with Crippen molar-refractivity contribution >= 4 is 20.5 Å². The van der Waals surface area contributed by atoms with Gasteiger partial charge in [-0.3, -0.25) is 12.5 Å². The normalized spacial score (nSPS) is 11.6. The van der Waals surface area contributed by atoms with Crippen LogP contribution in [-0.4, -0.2) is 38.2 Å². The predicted molar refractivity (Wildman–Crippen MR) is 68.3 cm³/mol. The Morgan fingerprint density at radius 1 is 0.842 bits per heavy atom. The SMILES string of the molecule is COS(=O)(=O)OC.COS(=O)(=O)c1ccccc1C. The summed E-state index contributed by atoms with van der Waals surface area (Å²) >= 11 is 0. The molecule has 0 aliphatic heterocycles. The largest absolute Gasteiger partial charge is 0.399 e. The first-order chi connectivity index (χ1) is 8.70. The number of aryl methyl sites for hydroxylation is 1. The third kappa shape index (κ3) is 6.12. The van der Waals surface area contributed by atoms with E-state index in [-0.39, 0.29) is 4.90 Å². The zero-order valence-corrected chi connectivity index (χ0v) is 12.6. The highest BCUT2D eigenvalue weighted by atomic mass is 32.3. The van der Waals surface area contributed by atoms with Crippen LogP contribution in [0.15, 0.2) is 29.2 Å². The second-order valence-corrected chi connectivity index (χ2v) is 6.29. The minimum atomic E-state index is -3.66. The maximum absolute atomic E-state index is 11.2. The van der Waals surface area contributed by atoms with Gasteiger partial charge in [-0.05, 0) is 18.6 Å². The van der Waals surface area contributed by atoms with Crippen LogP contribution in [0.4, 0.5) is 0 Å². The molecule has 7 nitrogen and oxygen atoms in total. The molecule has 0 N–H and O–H groups in total. The van der Waals surface area contributed by atoms with Crippen molar-refractivity contribution in [3.8, 4) is 0 Å². The van der Waals surface area contributed by atoms with Crippen molar-refractivity contribution in [3.05, 3.63) is 29.8 Å². The fourth-order valence-electron chi connectivity index (χ4n) is 0.995. The molecule has 0 aliphatic carbocycles. The van der Waals surface area contributed by atoms with Gasteiger partial charge in [-0.1, -0.05) is 18.2 Å². The molecule has 1 rings (SSSR count). The average Bonchev–Trinajstić information content (AvgIpc) is 2.40. The summed E-state index contributed by atoms with van der Waals surface area (Å²) in [5, 5.41) is 0. The standard InChI is InChI=1S/C8H10O3S.C2H6O4S/c1-7-5-3-4-6-8(7)12(9,10)11-2;1-5-7(3,4)6-2/h3-6H,1-2H3;1-2H3. The van der Waals surface area contributed by atoms with E-state index in [9.17, 15) is 16.8 Å². The summed E-state index contributed by atoms with van der Waals surface area (Å²) in [4.78, 5) is 0.229. The van der Waals surface area contributed by atoms with E-state index in [0.29, 0.717) is 5.56 Å². The quantitative estimate of drug-likeness (QED) is 0.760. The second kappa shape index (κ2) is 7.56. The first-order valence-corrected chi connectivity index (χ1v) is 7.66. The van der Waals surface area contributed by atoms with Crippen LogP contribution in [0.2, 0.25) is 0 Å². The van der Waals surface area contributed by atoms with Crippen molar-refractivity contribution in [3.63, 3.8) is 0 Å². The van der Waals surface area contributed by atoms with Gasteiger partial charge in [0.1, 0.15) is 0 Å². The summed E-state index contributed by atoms with van der Waals surface area (Å²) in [5.74, 6) is 0. The molecule has 0 spiro atoms. The molecular formula is C10H16O7S2. The number of rotatable bonds is 4. The highest BCUT2D eigenvalue weighted by Crippen LogP contribution is 2.15. The van der Waals surface area contributed by atoms with E-state index in [4.69, 9.17) is 0 Å². The molecule has 0 amide bonds. The molecule has 0 fully saturated rings. The first kappa shape index (κ1) is 18.0. The van der Waals surface area contributed by atoms with Crippen LogP contribution in [-0.2, 0) is 33.1 Å². The van der Waals surface area contributed by atoms with E-state index in [0.717, 1.165) is 21.3 Å². The Balaban J connectivity index is 0.000000399. The number of benzene rings is 1. The van der Waals surface area contributed by atoms with Gasteiger partial charge < -0.3 is 0 Å². The van der Waals surface area contributed by atoms with E-state index in [1.165, 1.54) is 6.07 Å². The van der Waals surface area contributed by atoms with Gasteiger partial charge in [0.05, 0.1) is 26.2 Å². The summed E-state index contributed by atoms with van der Waals surface area (Å²) in [7, 11) is -3.98. The molecule has 0 aromatic heterocycles. The molecule has 0 bridgehead atoms. The van der Waals surface area contributed by atoms with Gasteiger partial charge in [0.25, 0.3) is 10.1 Å². The third-order valence-electron chi connectivity index (χ3n) is 1.99. The summed E-state index contributed by atoms with van der Waals surface area (Å²) in [6.07, 6.45) is 0. The van der Waals surface area contributed by atoms with Gasteiger partial charge in [0.15, 0.2) is 0 Å². The number of hydrogen-bond acceptors (Lipinski definition) is 7. The Kier molecular flexibility index (Phi) is 7.16. The maximum atomic E-state index is 11.2. The Labute approximate surface area is 113 Å². The Morgan fingerprint density at radius 2 is 1.32 bits per heavy atom. The summed E-state index contributed by atoms with van der Waals surface area (Å²) in [5.41, 5.74) is 0.694. The van der Waals surface area contributed by atoms with Crippen molar-refractivity contribution in [2.75, 3.05) is 21.3 Å². The highest BCUT2D eigenvalue weighted by Gasteiger charge is 2.14. The van der Waals surface area contributed by atoms with E-state index in [1.54, 1.807) is 25.1 Å². The lowest BCUT2D eigenvalue weighted by Crippen LogP contribution is -2.04. The van der Waals surface area contributed by atoms with Gasteiger partial charge in [-0.2, -0.15) is 16.8 Å². The average molecular weight is 312 g/mol. The molecular weight excluding hydrogens is 296 g/mol. The van der Waals surface area contributed by atoms with Crippen LogP contribution in [0, 0.1) is 6.92 Å². The maximum Gasteiger partial charge on any atom is 0.399 e. The van der Waals surface area contributed by atoms with Gasteiger partial charge in [0, 0.05) is 0 Å². The van der Waals surface area contributed by atoms with Crippen LogP contribution in [0.1, 0.15) is 5.56 Å². The van der Waals surface area contributed by atoms with Crippen molar-refractivity contribution in [2.24, 2.45) is 0 Å².